The van der Waals surface area contributed by atoms with Gasteiger partial charge in [0.15, 0.2) is 0 Å². The fourth-order valence-electron chi connectivity index (χ4n) is 2.09. The van der Waals surface area contributed by atoms with Gasteiger partial charge in [-0.1, -0.05) is 19.1 Å². The summed E-state index contributed by atoms with van der Waals surface area (Å²) >= 11 is 0. The summed E-state index contributed by atoms with van der Waals surface area (Å²) in [7, 11) is 0. The molecule has 0 aliphatic rings. The van der Waals surface area contributed by atoms with E-state index in [4.69, 9.17) is 0 Å². The van der Waals surface area contributed by atoms with Crippen LogP contribution in [0.2, 0.25) is 0 Å². The van der Waals surface area contributed by atoms with Crippen molar-refractivity contribution in [2.45, 2.75) is 19.6 Å². The number of alkyl halides is 2. The van der Waals surface area contributed by atoms with Crippen molar-refractivity contribution in [2.75, 3.05) is 6.54 Å². The number of aromatic nitrogens is 1. The Morgan fingerprint density at radius 2 is 2.00 bits per heavy atom. The molecule has 0 radical (unpaired) electrons. The summed E-state index contributed by atoms with van der Waals surface area (Å²) in [5.41, 5.74) is 1.31. The van der Waals surface area contributed by atoms with E-state index in [2.05, 4.69) is 15.0 Å². The SMILES string of the molecule is CCNC(c1cncc(F)c1)c1cccc(OC(F)F)c1. The van der Waals surface area contributed by atoms with E-state index < -0.39 is 12.4 Å². The van der Waals surface area contributed by atoms with E-state index in [1.165, 1.54) is 24.4 Å². The zero-order valence-electron chi connectivity index (χ0n) is 11.4. The van der Waals surface area contributed by atoms with Gasteiger partial charge < -0.3 is 10.1 Å². The van der Waals surface area contributed by atoms with Crippen LogP contribution in [0.3, 0.4) is 0 Å². The Balaban J connectivity index is 2.34. The average Bonchev–Trinajstić information content (AvgIpc) is 2.44. The molecule has 21 heavy (non-hydrogen) atoms. The quantitative estimate of drug-likeness (QED) is 0.885. The Hall–Kier alpha value is -2.08. The molecule has 0 fully saturated rings. The monoisotopic (exact) mass is 296 g/mol. The first-order valence-electron chi connectivity index (χ1n) is 6.48. The van der Waals surface area contributed by atoms with Gasteiger partial charge in [0, 0.05) is 6.20 Å². The molecule has 0 amide bonds. The first kappa shape index (κ1) is 15.3. The van der Waals surface area contributed by atoms with Crippen LogP contribution in [0.25, 0.3) is 0 Å². The van der Waals surface area contributed by atoms with Gasteiger partial charge >= 0.3 is 6.61 Å². The number of benzene rings is 1. The number of nitrogens with one attached hydrogen (secondary N) is 1. The number of rotatable bonds is 6. The molecule has 1 aromatic carbocycles. The van der Waals surface area contributed by atoms with Crippen LogP contribution >= 0.6 is 0 Å². The molecule has 0 aliphatic carbocycles. The first-order chi connectivity index (χ1) is 10.1. The third-order valence-electron chi connectivity index (χ3n) is 2.88. The van der Waals surface area contributed by atoms with Gasteiger partial charge in [-0.3, -0.25) is 4.98 Å². The van der Waals surface area contributed by atoms with Gasteiger partial charge in [-0.25, -0.2) is 4.39 Å². The molecular weight excluding hydrogens is 281 g/mol. The van der Waals surface area contributed by atoms with Crippen LogP contribution in [0, 0.1) is 5.82 Å². The number of halogens is 3. The lowest BCUT2D eigenvalue weighted by Crippen LogP contribution is -2.22. The molecule has 1 aromatic heterocycles. The Labute approximate surface area is 120 Å². The number of ether oxygens (including phenoxy) is 1. The highest BCUT2D eigenvalue weighted by Gasteiger charge is 2.15. The second-order valence-electron chi connectivity index (χ2n) is 4.38. The predicted molar refractivity (Wildman–Crippen MR) is 72.8 cm³/mol. The molecule has 6 heteroatoms. The van der Waals surface area contributed by atoms with Gasteiger partial charge in [0.25, 0.3) is 0 Å². The Morgan fingerprint density at radius 3 is 2.67 bits per heavy atom. The summed E-state index contributed by atoms with van der Waals surface area (Å²) in [6.45, 7) is -0.353. The molecule has 0 bridgehead atoms. The van der Waals surface area contributed by atoms with Crippen molar-refractivity contribution >= 4 is 0 Å². The van der Waals surface area contributed by atoms with Crippen molar-refractivity contribution in [3.8, 4) is 5.75 Å². The standard InChI is InChI=1S/C15H15F3N2O/c1-2-20-14(11-6-12(16)9-19-8-11)10-4-3-5-13(7-10)21-15(17)18/h3-9,14-15,20H,2H2,1H3. The predicted octanol–water partition coefficient (Wildman–Crippen LogP) is 3.52. The molecule has 1 N–H and O–H groups in total. The van der Waals surface area contributed by atoms with Crippen LogP contribution in [0.5, 0.6) is 5.75 Å². The number of pyridine rings is 1. The molecule has 1 heterocycles. The van der Waals surface area contributed by atoms with Crippen molar-refractivity contribution in [3.63, 3.8) is 0 Å². The topological polar surface area (TPSA) is 34.2 Å². The highest BCUT2D eigenvalue weighted by atomic mass is 19.3. The molecule has 3 nitrogen and oxygen atoms in total. The van der Waals surface area contributed by atoms with Crippen LogP contribution in [0.1, 0.15) is 24.1 Å². The molecule has 0 spiro atoms. The van der Waals surface area contributed by atoms with Gasteiger partial charge in [0.05, 0.1) is 12.2 Å². The van der Waals surface area contributed by atoms with Crippen LogP contribution < -0.4 is 10.1 Å². The van der Waals surface area contributed by atoms with E-state index in [0.717, 1.165) is 6.20 Å². The number of hydrogen-bond donors (Lipinski definition) is 1. The van der Waals surface area contributed by atoms with Gasteiger partial charge in [-0.15, -0.1) is 0 Å². The minimum atomic E-state index is -2.88. The normalized spacial score (nSPS) is 12.4. The van der Waals surface area contributed by atoms with Gasteiger partial charge in [-0.05, 0) is 35.9 Å². The Kier molecular flexibility index (Phi) is 5.16. The van der Waals surface area contributed by atoms with Crippen molar-refractivity contribution in [3.05, 3.63) is 59.7 Å². The van der Waals surface area contributed by atoms with Gasteiger partial charge in [0.1, 0.15) is 11.6 Å². The number of nitrogens with zero attached hydrogens (tertiary/aromatic N) is 1. The summed E-state index contributed by atoms with van der Waals surface area (Å²) in [5.74, 6) is -0.384. The molecule has 112 valence electrons. The Morgan fingerprint density at radius 1 is 1.19 bits per heavy atom. The van der Waals surface area contributed by atoms with Crippen molar-refractivity contribution in [1.29, 1.82) is 0 Å². The summed E-state index contributed by atoms with van der Waals surface area (Å²) in [6, 6.07) is 7.34. The van der Waals surface area contributed by atoms with E-state index in [1.807, 2.05) is 6.92 Å². The largest absolute Gasteiger partial charge is 0.435 e. The highest BCUT2D eigenvalue weighted by molar-refractivity contribution is 5.36. The van der Waals surface area contributed by atoms with Gasteiger partial charge in [-0.2, -0.15) is 8.78 Å². The maximum absolute atomic E-state index is 13.3. The van der Waals surface area contributed by atoms with Crippen LogP contribution in [-0.4, -0.2) is 18.1 Å². The van der Waals surface area contributed by atoms with E-state index in [9.17, 15) is 13.2 Å². The summed E-state index contributed by atoms with van der Waals surface area (Å²) in [4.78, 5) is 3.82. The summed E-state index contributed by atoms with van der Waals surface area (Å²) < 4.78 is 42.3. The highest BCUT2D eigenvalue weighted by Crippen LogP contribution is 2.26. The van der Waals surface area contributed by atoms with E-state index >= 15 is 0 Å². The first-order valence-corrected chi connectivity index (χ1v) is 6.48. The second kappa shape index (κ2) is 7.08. The minimum absolute atomic E-state index is 0.0646. The molecule has 2 aromatic rings. The fourth-order valence-corrected chi connectivity index (χ4v) is 2.09. The van der Waals surface area contributed by atoms with E-state index in [1.54, 1.807) is 12.1 Å². The number of hydrogen-bond acceptors (Lipinski definition) is 3. The van der Waals surface area contributed by atoms with Gasteiger partial charge in [0.2, 0.25) is 0 Å². The molecular formula is C15H15F3N2O. The van der Waals surface area contributed by atoms with Crippen molar-refractivity contribution in [2.24, 2.45) is 0 Å². The second-order valence-corrected chi connectivity index (χ2v) is 4.38. The lowest BCUT2D eigenvalue weighted by atomic mass is 10.00. The fraction of sp³-hybridized carbons (Fsp3) is 0.267. The minimum Gasteiger partial charge on any atom is -0.435 e. The third kappa shape index (κ3) is 4.19. The zero-order valence-corrected chi connectivity index (χ0v) is 11.4. The van der Waals surface area contributed by atoms with Crippen LogP contribution in [0.4, 0.5) is 13.2 Å². The molecule has 0 saturated heterocycles. The molecule has 1 unspecified atom stereocenters. The van der Waals surface area contributed by atoms with Crippen molar-refractivity contribution < 1.29 is 17.9 Å². The summed E-state index contributed by atoms with van der Waals surface area (Å²) in [6.07, 6.45) is 2.65. The van der Waals surface area contributed by atoms with E-state index in [-0.39, 0.29) is 11.8 Å². The smallest absolute Gasteiger partial charge is 0.387 e. The molecule has 1 atom stereocenters. The molecule has 0 saturated carbocycles. The van der Waals surface area contributed by atoms with E-state index in [0.29, 0.717) is 17.7 Å². The molecule has 0 aliphatic heterocycles. The Bertz CT molecular complexity index is 593. The lowest BCUT2D eigenvalue weighted by molar-refractivity contribution is -0.0498. The molecule has 2 rings (SSSR count). The summed E-state index contributed by atoms with van der Waals surface area (Å²) in [5, 5.41) is 3.17. The van der Waals surface area contributed by atoms with Crippen LogP contribution in [-0.2, 0) is 0 Å². The van der Waals surface area contributed by atoms with Crippen LogP contribution in [0.15, 0.2) is 42.7 Å². The van der Waals surface area contributed by atoms with Crippen molar-refractivity contribution in [1.82, 2.24) is 10.3 Å². The lowest BCUT2D eigenvalue weighted by Gasteiger charge is -2.19. The third-order valence-corrected chi connectivity index (χ3v) is 2.88. The average molecular weight is 296 g/mol. The zero-order chi connectivity index (χ0) is 15.2. The maximum Gasteiger partial charge on any atom is 0.387 e. The maximum atomic E-state index is 13.3.